The Morgan fingerprint density at radius 1 is 1.58 bits per heavy atom. The van der Waals surface area contributed by atoms with E-state index >= 15 is 0 Å². The quantitative estimate of drug-likeness (QED) is 0.612. The molecular weight excluding hydrogens is 154 g/mol. The summed E-state index contributed by atoms with van der Waals surface area (Å²) >= 11 is 0. The molecule has 2 bridgehead atoms. The lowest BCUT2D eigenvalue weighted by molar-refractivity contribution is -0.117. The van der Waals surface area contributed by atoms with Crippen LogP contribution in [0.1, 0.15) is 19.3 Å². The summed E-state index contributed by atoms with van der Waals surface area (Å²) in [5, 5.41) is 2.88. The maximum atomic E-state index is 11.0. The minimum Gasteiger partial charge on any atom is -0.373 e. The average molecular weight is 167 g/mol. The van der Waals surface area contributed by atoms with Gasteiger partial charge in [-0.25, -0.2) is 0 Å². The first-order valence-corrected chi connectivity index (χ1v) is 4.38. The maximum Gasteiger partial charge on any atom is 0.243 e. The molecule has 3 heteroatoms. The molecule has 1 N–H and O–H groups in total. The molecule has 0 aromatic heterocycles. The number of fused-ring (bicyclic) bond motifs is 2. The SMILES string of the molecule is C=CC(=O)N[C@@H]1C[C@H]2CC[C@@H]1O2. The molecule has 1 amide bonds. The summed E-state index contributed by atoms with van der Waals surface area (Å²) in [6.07, 6.45) is 5.19. The Kier molecular flexibility index (Phi) is 1.89. The smallest absolute Gasteiger partial charge is 0.243 e. The Morgan fingerprint density at radius 2 is 2.42 bits per heavy atom. The fourth-order valence-electron chi connectivity index (χ4n) is 2.03. The summed E-state index contributed by atoms with van der Waals surface area (Å²) in [7, 11) is 0. The van der Waals surface area contributed by atoms with Crippen LogP contribution in [0.5, 0.6) is 0 Å². The van der Waals surface area contributed by atoms with Crippen molar-refractivity contribution in [3.05, 3.63) is 12.7 Å². The van der Waals surface area contributed by atoms with Gasteiger partial charge in [0.15, 0.2) is 0 Å². The number of rotatable bonds is 2. The van der Waals surface area contributed by atoms with Gasteiger partial charge in [0, 0.05) is 0 Å². The van der Waals surface area contributed by atoms with Crippen LogP contribution in [0.2, 0.25) is 0 Å². The van der Waals surface area contributed by atoms with Gasteiger partial charge in [-0.3, -0.25) is 4.79 Å². The second kappa shape index (κ2) is 2.90. The summed E-state index contributed by atoms with van der Waals surface area (Å²) in [5.74, 6) is -0.0869. The van der Waals surface area contributed by atoms with Crippen molar-refractivity contribution in [3.63, 3.8) is 0 Å². The van der Waals surface area contributed by atoms with Crippen molar-refractivity contribution < 1.29 is 9.53 Å². The van der Waals surface area contributed by atoms with E-state index in [4.69, 9.17) is 4.74 Å². The molecule has 66 valence electrons. The molecule has 2 saturated heterocycles. The van der Waals surface area contributed by atoms with Crippen LogP contribution in [0, 0.1) is 0 Å². The molecular formula is C9H13NO2. The van der Waals surface area contributed by atoms with Crippen molar-refractivity contribution in [3.8, 4) is 0 Å². The van der Waals surface area contributed by atoms with Crippen LogP contribution in [0.25, 0.3) is 0 Å². The summed E-state index contributed by atoms with van der Waals surface area (Å²) < 4.78 is 5.58. The van der Waals surface area contributed by atoms with E-state index in [1.165, 1.54) is 6.08 Å². The predicted octanol–water partition coefficient (Wildman–Crippen LogP) is 0.608. The fourth-order valence-corrected chi connectivity index (χ4v) is 2.03. The highest BCUT2D eigenvalue weighted by molar-refractivity contribution is 5.87. The lowest BCUT2D eigenvalue weighted by atomic mass is 9.95. The number of carbonyl (C=O) groups is 1. The molecule has 0 aliphatic carbocycles. The molecule has 2 heterocycles. The van der Waals surface area contributed by atoms with Crippen molar-refractivity contribution in [2.75, 3.05) is 0 Å². The summed E-state index contributed by atoms with van der Waals surface area (Å²) in [6, 6.07) is 0.231. The van der Waals surface area contributed by atoms with Gasteiger partial charge in [-0.2, -0.15) is 0 Å². The Morgan fingerprint density at radius 3 is 2.92 bits per heavy atom. The van der Waals surface area contributed by atoms with Crippen LogP contribution >= 0.6 is 0 Å². The molecule has 0 spiro atoms. The monoisotopic (exact) mass is 167 g/mol. The van der Waals surface area contributed by atoms with Crippen LogP contribution in [0.4, 0.5) is 0 Å². The predicted molar refractivity (Wildman–Crippen MR) is 44.6 cm³/mol. The van der Waals surface area contributed by atoms with Crippen LogP contribution in [0.3, 0.4) is 0 Å². The van der Waals surface area contributed by atoms with Gasteiger partial charge in [-0.15, -0.1) is 0 Å². The Hall–Kier alpha value is -0.830. The van der Waals surface area contributed by atoms with Gasteiger partial charge < -0.3 is 10.1 Å². The maximum absolute atomic E-state index is 11.0. The topological polar surface area (TPSA) is 38.3 Å². The van der Waals surface area contributed by atoms with E-state index in [-0.39, 0.29) is 18.1 Å². The van der Waals surface area contributed by atoms with E-state index in [1.54, 1.807) is 0 Å². The van der Waals surface area contributed by atoms with Gasteiger partial charge in [-0.05, 0) is 25.3 Å². The molecule has 2 aliphatic heterocycles. The lowest BCUT2D eigenvalue weighted by Gasteiger charge is -2.18. The third kappa shape index (κ3) is 1.25. The van der Waals surface area contributed by atoms with Crippen molar-refractivity contribution in [1.29, 1.82) is 0 Å². The summed E-state index contributed by atoms with van der Waals surface area (Å²) in [6.45, 7) is 3.41. The van der Waals surface area contributed by atoms with Crippen LogP contribution in [0.15, 0.2) is 12.7 Å². The molecule has 12 heavy (non-hydrogen) atoms. The number of ether oxygens (including phenoxy) is 1. The average Bonchev–Trinajstić information content (AvgIpc) is 2.64. The number of amides is 1. The third-order valence-electron chi connectivity index (χ3n) is 2.62. The van der Waals surface area contributed by atoms with Crippen LogP contribution in [-0.4, -0.2) is 24.2 Å². The van der Waals surface area contributed by atoms with Gasteiger partial charge in [0.2, 0.25) is 5.91 Å². The number of carbonyl (C=O) groups excluding carboxylic acids is 1. The first-order chi connectivity index (χ1) is 5.79. The van der Waals surface area contributed by atoms with E-state index in [2.05, 4.69) is 11.9 Å². The highest BCUT2D eigenvalue weighted by Crippen LogP contribution is 2.34. The lowest BCUT2D eigenvalue weighted by Crippen LogP contribution is -2.40. The minimum absolute atomic E-state index is 0.0869. The molecule has 0 radical (unpaired) electrons. The molecule has 2 aliphatic rings. The Balaban J connectivity index is 1.90. The second-order valence-corrected chi connectivity index (χ2v) is 3.43. The Bertz CT molecular complexity index is 215. The highest BCUT2D eigenvalue weighted by atomic mass is 16.5. The summed E-state index contributed by atoms with van der Waals surface area (Å²) in [5.41, 5.74) is 0. The zero-order chi connectivity index (χ0) is 8.55. The van der Waals surface area contributed by atoms with Gasteiger partial charge >= 0.3 is 0 Å². The molecule has 0 aromatic rings. The fraction of sp³-hybridized carbons (Fsp3) is 0.667. The molecule has 0 unspecified atom stereocenters. The zero-order valence-electron chi connectivity index (χ0n) is 6.95. The standard InChI is InChI=1S/C9H13NO2/c1-2-9(11)10-7-5-6-3-4-8(7)12-6/h2,6-8H,1,3-5H2,(H,10,11)/t6-,7-,8+/m1/s1. The van der Waals surface area contributed by atoms with Crippen LogP contribution < -0.4 is 5.32 Å². The first-order valence-electron chi connectivity index (χ1n) is 4.38. The summed E-state index contributed by atoms with van der Waals surface area (Å²) in [4.78, 5) is 11.0. The first kappa shape index (κ1) is 7.80. The van der Waals surface area contributed by atoms with Crippen LogP contribution in [-0.2, 0) is 9.53 Å². The normalized spacial score (nSPS) is 38.2. The molecule has 0 aromatic carbocycles. The molecule has 2 rings (SSSR count). The Labute approximate surface area is 71.8 Å². The zero-order valence-corrected chi connectivity index (χ0v) is 6.95. The van der Waals surface area contributed by atoms with Gasteiger partial charge in [0.05, 0.1) is 18.2 Å². The molecule has 3 nitrogen and oxygen atoms in total. The van der Waals surface area contributed by atoms with E-state index in [0.29, 0.717) is 6.10 Å². The van der Waals surface area contributed by atoms with E-state index in [9.17, 15) is 4.79 Å². The number of hydrogen-bond acceptors (Lipinski definition) is 2. The highest BCUT2D eigenvalue weighted by Gasteiger charge is 2.40. The second-order valence-electron chi connectivity index (χ2n) is 3.43. The molecule has 3 atom stereocenters. The molecule has 2 fully saturated rings. The number of hydrogen-bond donors (Lipinski definition) is 1. The van der Waals surface area contributed by atoms with Gasteiger partial charge in [0.1, 0.15) is 0 Å². The van der Waals surface area contributed by atoms with E-state index < -0.39 is 0 Å². The molecule has 0 saturated carbocycles. The van der Waals surface area contributed by atoms with Gasteiger partial charge in [0.25, 0.3) is 0 Å². The third-order valence-corrected chi connectivity index (χ3v) is 2.62. The largest absolute Gasteiger partial charge is 0.373 e. The van der Waals surface area contributed by atoms with E-state index in [1.807, 2.05) is 0 Å². The van der Waals surface area contributed by atoms with Gasteiger partial charge in [-0.1, -0.05) is 6.58 Å². The van der Waals surface area contributed by atoms with Crippen molar-refractivity contribution in [1.82, 2.24) is 5.32 Å². The van der Waals surface area contributed by atoms with Crippen molar-refractivity contribution in [2.45, 2.75) is 37.5 Å². The van der Waals surface area contributed by atoms with Crippen molar-refractivity contribution >= 4 is 5.91 Å². The van der Waals surface area contributed by atoms with E-state index in [0.717, 1.165) is 19.3 Å². The van der Waals surface area contributed by atoms with Crippen molar-refractivity contribution in [2.24, 2.45) is 0 Å². The number of nitrogens with one attached hydrogen (secondary N) is 1. The minimum atomic E-state index is -0.0869.